The SMILES string of the molecule is CCOP(=O)(OCC)SC#CC1CCCCC1. The molecule has 1 fully saturated rings. The first kappa shape index (κ1) is 15.1. The topological polar surface area (TPSA) is 35.5 Å². The third kappa shape index (κ3) is 5.97. The van der Waals surface area contributed by atoms with Gasteiger partial charge in [-0.05, 0) is 31.9 Å². The van der Waals surface area contributed by atoms with Crippen molar-refractivity contribution in [3.8, 4) is 11.2 Å². The Morgan fingerprint density at radius 2 is 1.76 bits per heavy atom. The standard InChI is InChI=1S/C12H21O3PS/c1-3-14-16(13,15-4-2)17-11-10-12-8-6-5-7-9-12/h12H,3-9H2,1-2H3. The van der Waals surface area contributed by atoms with Crippen LogP contribution in [0.1, 0.15) is 46.0 Å². The smallest absolute Gasteiger partial charge is 0.300 e. The minimum absolute atomic E-state index is 0.384. The Labute approximate surface area is 108 Å². The van der Waals surface area contributed by atoms with Gasteiger partial charge in [0.1, 0.15) is 0 Å². The highest BCUT2D eigenvalue weighted by molar-refractivity contribution is 8.57. The second-order valence-electron chi connectivity index (χ2n) is 3.96. The maximum absolute atomic E-state index is 12.1. The normalized spacial score (nSPS) is 17.5. The van der Waals surface area contributed by atoms with Crippen molar-refractivity contribution in [1.29, 1.82) is 0 Å². The van der Waals surface area contributed by atoms with Gasteiger partial charge in [0.2, 0.25) is 0 Å². The maximum Gasteiger partial charge on any atom is 0.401 e. The van der Waals surface area contributed by atoms with Gasteiger partial charge in [0.05, 0.1) is 13.2 Å². The summed E-state index contributed by atoms with van der Waals surface area (Å²) in [5, 5.41) is 2.92. The first-order valence-electron chi connectivity index (χ1n) is 6.28. The fourth-order valence-corrected chi connectivity index (χ4v) is 4.40. The fraction of sp³-hybridized carbons (Fsp3) is 0.833. The Morgan fingerprint density at radius 1 is 1.18 bits per heavy atom. The average molecular weight is 276 g/mol. The van der Waals surface area contributed by atoms with Crippen LogP contribution in [0.3, 0.4) is 0 Å². The van der Waals surface area contributed by atoms with Crippen LogP contribution in [0.25, 0.3) is 0 Å². The van der Waals surface area contributed by atoms with Gasteiger partial charge in [-0.15, -0.1) is 0 Å². The highest BCUT2D eigenvalue weighted by Gasteiger charge is 2.23. The molecule has 0 bridgehead atoms. The van der Waals surface area contributed by atoms with Crippen LogP contribution in [0.2, 0.25) is 0 Å². The summed E-state index contributed by atoms with van der Waals surface area (Å²) >= 11 is 1.02. The van der Waals surface area contributed by atoms with E-state index in [0.717, 1.165) is 11.4 Å². The average Bonchev–Trinajstić information content (AvgIpc) is 2.31. The zero-order chi connectivity index (χ0) is 12.6. The first-order valence-corrected chi connectivity index (χ1v) is 9.25. The van der Waals surface area contributed by atoms with Gasteiger partial charge in [0, 0.05) is 17.3 Å². The summed E-state index contributed by atoms with van der Waals surface area (Å²) in [5.41, 5.74) is 0. The van der Waals surface area contributed by atoms with Crippen molar-refractivity contribution in [3.05, 3.63) is 0 Å². The van der Waals surface area contributed by atoms with E-state index < -0.39 is 6.80 Å². The van der Waals surface area contributed by atoms with Gasteiger partial charge < -0.3 is 9.05 Å². The van der Waals surface area contributed by atoms with Crippen LogP contribution in [-0.4, -0.2) is 13.2 Å². The molecule has 0 radical (unpaired) electrons. The van der Waals surface area contributed by atoms with Crippen molar-refractivity contribution in [2.24, 2.45) is 5.92 Å². The zero-order valence-electron chi connectivity index (χ0n) is 10.6. The fourth-order valence-electron chi connectivity index (χ4n) is 1.82. The summed E-state index contributed by atoms with van der Waals surface area (Å²) in [4.78, 5) is 0. The van der Waals surface area contributed by atoms with Crippen molar-refractivity contribution in [1.82, 2.24) is 0 Å². The molecule has 0 N–H and O–H groups in total. The third-order valence-corrected chi connectivity index (χ3v) is 5.76. The van der Waals surface area contributed by atoms with Crippen molar-refractivity contribution in [3.63, 3.8) is 0 Å². The molecule has 1 aliphatic carbocycles. The molecule has 3 nitrogen and oxygen atoms in total. The zero-order valence-corrected chi connectivity index (χ0v) is 12.3. The van der Waals surface area contributed by atoms with Gasteiger partial charge >= 0.3 is 6.80 Å². The monoisotopic (exact) mass is 276 g/mol. The summed E-state index contributed by atoms with van der Waals surface area (Å²) in [6.45, 7) is 1.34. The molecule has 0 amide bonds. The van der Waals surface area contributed by atoms with Gasteiger partial charge in [0.25, 0.3) is 0 Å². The predicted molar refractivity (Wildman–Crippen MR) is 72.8 cm³/mol. The minimum atomic E-state index is -3.04. The Balaban J connectivity index is 2.45. The molecule has 1 saturated carbocycles. The lowest BCUT2D eigenvalue weighted by Gasteiger charge is -2.16. The third-order valence-electron chi connectivity index (χ3n) is 2.60. The van der Waals surface area contributed by atoms with E-state index in [-0.39, 0.29) is 0 Å². The van der Waals surface area contributed by atoms with Crippen LogP contribution in [-0.2, 0) is 13.6 Å². The first-order chi connectivity index (χ1) is 8.20. The van der Waals surface area contributed by atoms with E-state index in [2.05, 4.69) is 11.2 Å². The molecule has 0 aromatic carbocycles. The van der Waals surface area contributed by atoms with Crippen LogP contribution in [0.5, 0.6) is 0 Å². The van der Waals surface area contributed by atoms with Crippen LogP contribution >= 0.6 is 18.2 Å². The highest BCUT2D eigenvalue weighted by Crippen LogP contribution is 2.60. The second kappa shape index (κ2) is 8.21. The van der Waals surface area contributed by atoms with E-state index >= 15 is 0 Å². The largest absolute Gasteiger partial charge is 0.401 e. The van der Waals surface area contributed by atoms with E-state index in [1.165, 1.54) is 32.1 Å². The Morgan fingerprint density at radius 3 is 2.29 bits per heavy atom. The van der Waals surface area contributed by atoms with E-state index in [1.807, 2.05) is 0 Å². The van der Waals surface area contributed by atoms with Crippen molar-refractivity contribution in [2.45, 2.75) is 46.0 Å². The summed E-state index contributed by atoms with van der Waals surface area (Å²) in [6.07, 6.45) is 6.18. The molecular formula is C12H21O3PS. The Kier molecular flexibility index (Phi) is 7.30. The lowest BCUT2D eigenvalue weighted by Crippen LogP contribution is -2.02. The summed E-state index contributed by atoms with van der Waals surface area (Å²) in [7, 11) is 0. The molecule has 0 heterocycles. The van der Waals surface area contributed by atoms with E-state index in [9.17, 15) is 4.57 Å². The van der Waals surface area contributed by atoms with Crippen molar-refractivity contribution >= 4 is 18.2 Å². The Bertz CT molecular complexity index is 305. The van der Waals surface area contributed by atoms with Crippen molar-refractivity contribution < 1.29 is 13.6 Å². The van der Waals surface area contributed by atoms with E-state index in [1.54, 1.807) is 13.8 Å². The van der Waals surface area contributed by atoms with Gasteiger partial charge in [-0.3, -0.25) is 0 Å². The molecule has 1 rings (SSSR count). The van der Waals surface area contributed by atoms with Gasteiger partial charge in [-0.1, -0.05) is 25.2 Å². The molecule has 0 saturated heterocycles. The second-order valence-corrected chi connectivity index (χ2v) is 7.64. The number of rotatable bonds is 5. The minimum Gasteiger partial charge on any atom is -0.300 e. The Hall–Kier alpha value is 0.0600. The number of hydrogen-bond acceptors (Lipinski definition) is 4. The van der Waals surface area contributed by atoms with Crippen LogP contribution in [0.4, 0.5) is 0 Å². The molecule has 0 aromatic heterocycles. The van der Waals surface area contributed by atoms with Gasteiger partial charge in [-0.25, -0.2) is 4.57 Å². The summed E-state index contributed by atoms with van der Waals surface area (Å²) < 4.78 is 22.4. The van der Waals surface area contributed by atoms with Crippen LogP contribution < -0.4 is 0 Å². The molecule has 5 heteroatoms. The predicted octanol–water partition coefficient (Wildman–Crippen LogP) is 4.44. The lowest BCUT2D eigenvalue weighted by molar-refractivity contribution is 0.237. The van der Waals surface area contributed by atoms with Crippen LogP contribution in [0, 0.1) is 17.1 Å². The molecular weight excluding hydrogens is 255 g/mol. The maximum atomic E-state index is 12.1. The highest BCUT2D eigenvalue weighted by atomic mass is 32.7. The van der Waals surface area contributed by atoms with Gasteiger partial charge in [0.15, 0.2) is 0 Å². The molecule has 0 aliphatic heterocycles. The molecule has 0 aromatic rings. The molecule has 0 unspecified atom stereocenters. The van der Waals surface area contributed by atoms with E-state index in [4.69, 9.17) is 9.05 Å². The molecule has 0 spiro atoms. The molecule has 98 valence electrons. The summed E-state index contributed by atoms with van der Waals surface area (Å²) in [5.74, 6) is 3.64. The van der Waals surface area contributed by atoms with E-state index in [0.29, 0.717) is 19.1 Å². The lowest BCUT2D eigenvalue weighted by atomic mass is 9.90. The quantitative estimate of drug-likeness (QED) is 0.549. The number of hydrogen-bond donors (Lipinski definition) is 0. The molecule has 17 heavy (non-hydrogen) atoms. The van der Waals surface area contributed by atoms with Gasteiger partial charge in [-0.2, -0.15) is 0 Å². The van der Waals surface area contributed by atoms with Crippen LogP contribution in [0.15, 0.2) is 0 Å². The van der Waals surface area contributed by atoms with Crippen molar-refractivity contribution in [2.75, 3.05) is 13.2 Å². The summed E-state index contributed by atoms with van der Waals surface area (Å²) in [6, 6.07) is 0. The molecule has 0 atom stereocenters. The molecule has 1 aliphatic rings.